The number of piperidine rings is 1. The van der Waals surface area contributed by atoms with Gasteiger partial charge >= 0.3 is 6.18 Å². The van der Waals surface area contributed by atoms with E-state index in [2.05, 4.69) is 10.1 Å². The van der Waals surface area contributed by atoms with Gasteiger partial charge in [-0.05, 0) is 25.9 Å². The number of alkyl halides is 3. The number of aliphatic carboxylic acids is 1. The molecule has 2 N–H and O–H groups in total. The van der Waals surface area contributed by atoms with Crippen molar-refractivity contribution in [2.75, 3.05) is 19.7 Å². The van der Waals surface area contributed by atoms with Gasteiger partial charge in [0.1, 0.15) is 6.61 Å². The van der Waals surface area contributed by atoms with Crippen molar-refractivity contribution in [2.24, 2.45) is 0 Å². The highest BCUT2D eigenvalue weighted by molar-refractivity contribution is 5.62. The molecule has 0 amide bonds. The van der Waals surface area contributed by atoms with Gasteiger partial charge < -0.3 is 15.2 Å². The molecule has 0 aromatic rings. The third-order valence-electron chi connectivity index (χ3n) is 1.77. The minimum absolute atomic E-state index is 0.215. The molecule has 0 bridgehead atoms. The lowest BCUT2D eigenvalue weighted by Gasteiger charge is -2.23. The molecule has 1 rings (SSSR count). The Bertz CT molecular complexity index is 199. The van der Waals surface area contributed by atoms with Gasteiger partial charge in [0.25, 0.3) is 5.97 Å². The van der Waals surface area contributed by atoms with Crippen LogP contribution in [0.4, 0.5) is 13.2 Å². The number of hydrogen-bond donors (Lipinski definition) is 2. The predicted octanol–water partition coefficient (Wildman–Crippen LogP) is 1.41. The van der Waals surface area contributed by atoms with Gasteiger partial charge in [-0.3, -0.25) is 4.79 Å². The molecule has 96 valence electrons. The van der Waals surface area contributed by atoms with Gasteiger partial charge in [-0.2, -0.15) is 13.2 Å². The lowest BCUT2D eigenvalue weighted by atomic mass is 10.1. The van der Waals surface area contributed by atoms with Gasteiger partial charge in [-0.15, -0.1) is 0 Å². The Kier molecular flexibility index (Phi) is 7.07. The summed E-state index contributed by atoms with van der Waals surface area (Å²) in [6.45, 7) is 1.47. The van der Waals surface area contributed by atoms with E-state index in [4.69, 9.17) is 9.90 Å². The van der Waals surface area contributed by atoms with Crippen LogP contribution in [0.3, 0.4) is 0 Å². The van der Waals surface area contributed by atoms with E-state index in [1.807, 2.05) is 0 Å². The normalized spacial score (nSPS) is 17.5. The van der Waals surface area contributed by atoms with E-state index in [-0.39, 0.29) is 6.10 Å². The quantitative estimate of drug-likeness (QED) is 0.769. The van der Waals surface area contributed by atoms with E-state index >= 15 is 0 Å². The number of halogens is 3. The average molecular weight is 243 g/mol. The van der Waals surface area contributed by atoms with Crippen LogP contribution in [0.2, 0.25) is 0 Å². The summed E-state index contributed by atoms with van der Waals surface area (Å²) >= 11 is 0. The summed E-state index contributed by atoms with van der Waals surface area (Å²) in [4.78, 5) is 9.00. The molecule has 0 unspecified atom stereocenters. The van der Waals surface area contributed by atoms with Crippen LogP contribution >= 0.6 is 0 Å². The van der Waals surface area contributed by atoms with Gasteiger partial charge in [-0.1, -0.05) is 0 Å². The van der Waals surface area contributed by atoms with Gasteiger partial charge in [0.2, 0.25) is 0 Å². The second-order valence-electron chi connectivity index (χ2n) is 3.39. The number of hydrogen-bond acceptors (Lipinski definition) is 3. The molecule has 0 radical (unpaired) electrons. The Morgan fingerprint density at radius 1 is 1.44 bits per heavy atom. The monoisotopic (exact) mass is 243 g/mol. The van der Waals surface area contributed by atoms with Crippen molar-refractivity contribution in [3.63, 3.8) is 0 Å². The molecule has 0 aromatic carbocycles. The second kappa shape index (κ2) is 7.45. The zero-order chi connectivity index (χ0) is 12.6. The maximum Gasteiger partial charge on any atom is 0.411 e. The van der Waals surface area contributed by atoms with E-state index in [9.17, 15) is 13.2 Å². The van der Waals surface area contributed by atoms with Crippen LogP contribution < -0.4 is 5.32 Å². The van der Waals surface area contributed by atoms with E-state index in [1.165, 1.54) is 0 Å². The average Bonchev–Trinajstić information content (AvgIpc) is 2.14. The minimum atomic E-state index is -4.19. The molecular weight excluding hydrogens is 227 g/mol. The first kappa shape index (κ1) is 15.2. The van der Waals surface area contributed by atoms with Crippen LogP contribution in [-0.2, 0) is 9.53 Å². The maximum atomic E-state index is 11.7. The fourth-order valence-electron chi connectivity index (χ4n) is 1.17. The fourth-order valence-corrected chi connectivity index (χ4v) is 1.17. The van der Waals surface area contributed by atoms with Gasteiger partial charge in [0.15, 0.2) is 0 Å². The molecule has 1 aliphatic heterocycles. The summed E-state index contributed by atoms with van der Waals surface area (Å²) in [6, 6.07) is 0. The summed E-state index contributed by atoms with van der Waals surface area (Å²) in [5.41, 5.74) is 0. The van der Waals surface area contributed by atoms with Crippen molar-refractivity contribution < 1.29 is 27.8 Å². The van der Waals surface area contributed by atoms with Crippen LogP contribution in [-0.4, -0.2) is 43.1 Å². The smallest absolute Gasteiger partial charge is 0.411 e. The van der Waals surface area contributed by atoms with Crippen molar-refractivity contribution in [2.45, 2.75) is 32.0 Å². The van der Waals surface area contributed by atoms with Crippen molar-refractivity contribution in [1.29, 1.82) is 0 Å². The molecule has 1 saturated heterocycles. The molecule has 0 aliphatic carbocycles. The molecule has 1 heterocycles. The summed E-state index contributed by atoms with van der Waals surface area (Å²) in [5, 5.41) is 10.5. The maximum absolute atomic E-state index is 11.7. The Morgan fingerprint density at radius 2 is 1.88 bits per heavy atom. The third kappa shape index (κ3) is 11.3. The first-order valence-electron chi connectivity index (χ1n) is 4.90. The minimum Gasteiger partial charge on any atom is -0.481 e. The first-order valence-corrected chi connectivity index (χ1v) is 4.90. The SMILES string of the molecule is CC(=O)O.FC(F)(F)COC1CCNCC1. The molecule has 0 spiro atoms. The summed E-state index contributed by atoms with van der Waals surface area (Å²) in [5.74, 6) is -0.833. The zero-order valence-electron chi connectivity index (χ0n) is 9.01. The molecule has 1 fully saturated rings. The molecule has 4 nitrogen and oxygen atoms in total. The van der Waals surface area contributed by atoms with Crippen molar-refractivity contribution in [3.8, 4) is 0 Å². The highest BCUT2D eigenvalue weighted by Crippen LogP contribution is 2.17. The number of rotatable bonds is 2. The molecule has 1 aliphatic rings. The van der Waals surface area contributed by atoms with Crippen LogP contribution in [0.5, 0.6) is 0 Å². The molecule has 16 heavy (non-hydrogen) atoms. The van der Waals surface area contributed by atoms with Crippen LogP contribution in [0.25, 0.3) is 0 Å². The first-order chi connectivity index (χ1) is 7.31. The number of nitrogens with one attached hydrogen (secondary N) is 1. The predicted molar refractivity (Wildman–Crippen MR) is 51.2 cm³/mol. The van der Waals surface area contributed by atoms with Crippen molar-refractivity contribution in [1.82, 2.24) is 5.32 Å². The lowest BCUT2D eigenvalue weighted by Crippen LogP contribution is -2.34. The van der Waals surface area contributed by atoms with Crippen LogP contribution in [0.1, 0.15) is 19.8 Å². The van der Waals surface area contributed by atoms with E-state index in [1.54, 1.807) is 0 Å². The Hall–Kier alpha value is -0.820. The number of carboxylic acid groups (broad SMARTS) is 1. The molecule has 7 heteroatoms. The standard InChI is InChI=1S/C7H12F3NO.C2H4O2/c8-7(9,10)5-12-6-1-3-11-4-2-6;1-2(3)4/h6,11H,1-5H2;1H3,(H,3,4). The lowest BCUT2D eigenvalue weighted by molar-refractivity contribution is -0.187. The van der Waals surface area contributed by atoms with Crippen LogP contribution in [0, 0.1) is 0 Å². The molecule has 0 aromatic heterocycles. The Labute approximate surface area is 91.8 Å². The van der Waals surface area contributed by atoms with E-state index < -0.39 is 18.8 Å². The fraction of sp³-hybridized carbons (Fsp3) is 0.889. The Balaban J connectivity index is 0.000000487. The highest BCUT2D eigenvalue weighted by atomic mass is 19.4. The summed E-state index contributed by atoms with van der Waals surface area (Å²) < 4.78 is 39.7. The van der Waals surface area contributed by atoms with E-state index in [0.29, 0.717) is 12.8 Å². The number of carboxylic acids is 1. The van der Waals surface area contributed by atoms with Gasteiger partial charge in [-0.25, -0.2) is 0 Å². The second-order valence-corrected chi connectivity index (χ2v) is 3.39. The van der Waals surface area contributed by atoms with Gasteiger partial charge in [0, 0.05) is 6.92 Å². The highest BCUT2D eigenvalue weighted by Gasteiger charge is 2.29. The zero-order valence-corrected chi connectivity index (χ0v) is 9.01. The molecule has 0 saturated carbocycles. The topological polar surface area (TPSA) is 58.6 Å². The number of ether oxygens (including phenoxy) is 1. The Morgan fingerprint density at radius 3 is 2.25 bits per heavy atom. The van der Waals surface area contributed by atoms with Crippen molar-refractivity contribution in [3.05, 3.63) is 0 Å². The molecule has 0 atom stereocenters. The van der Waals surface area contributed by atoms with Gasteiger partial charge in [0.05, 0.1) is 6.10 Å². The largest absolute Gasteiger partial charge is 0.481 e. The van der Waals surface area contributed by atoms with E-state index in [0.717, 1.165) is 20.0 Å². The summed E-state index contributed by atoms with van der Waals surface area (Å²) in [6.07, 6.45) is -3.05. The van der Waals surface area contributed by atoms with Crippen molar-refractivity contribution >= 4 is 5.97 Å². The molecular formula is C9H16F3NO3. The number of carbonyl (C=O) groups is 1. The third-order valence-corrected chi connectivity index (χ3v) is 1.77. The van der Waals surface area contributed by atoms with Crippen LogP contribution in [0.15, 0.2) is 0 Å². The summed E-state index contributed by atoms with van der Waals surface area (Å²) in [7, 11) is 0.